The van der Waals surface area contributed by atoms with Gasteiger partial charge in [0.05, 0.1) is 23.1 Å². The fraction of sp³-hybridized carbons (Fsp3) is 0.667. The van der Waals surface area contributed by atoms with Gasteiger partial charge < -0.3 is 14.4 Å². The van der Waals surface area contributed by atoms with Crippen molar-refractivity contribution in [2.45, 2.75) is 82.3 Å². The van der Waals surface area contributed by atoms with Crippen molar-refractivity contribution in [1.29, 1.82) is 0 Å². The van der Waals surface area contributed by atoms with Gasteiger partial charge in [-0.25, -0.2) is 9.18 Å². The highest BCUT2D eigenvalue weighted by Gasteiger charge is 2.49. The lowest BCUT2D eigenvalue weighted by molar-refractivity contribution is 0.0122. The minimum Gasteiger partial charge on any atom is -0.461 e. The summed E-state index contributed by atoms with van der Waals surface area (Å²) >= 11 is 3.57. The highest BCUT2D eigenvalue weighted by atomic mass is 79.9. The molecule has 6 rings (SSSR count). The maximum atomic E-state index is 14.3. The number of amides is 1. The highest BCUT2D eigenvalue weighted by Crippen LogP contribution is 2.41. The lowest BCUT2D eigenvalue weighted by atomic mass is 9.95. The van der Waals surface area contributed by atoms with Crippen LogP contribution < -0.4 is 9.64 Å². The summed E-state index contributed by atoms with van der Waals surface area (Å²) in [7, 11) is 0. The van der Waals surface area contributed by atoms with Crippen LogP contribution in [0.15, 0.2) is 22.7 Å². The van der Waals surface area contributed by atoms with Crippen molar-refractivity contribution >= 4 is 38.7 Å². The monoisotopic (exact) mass is 575 g/mol. The van der Waals surface area contributed by atoms with Crippen molar-refractivity contribution in [3.05, 3.63) is 22.7 Å². The van der Waals surface area contributed by atoms with Gasteiger partial charge in [-0.3, -0.25) is 9.80 Å². The Bertz CT molecular complexity index is 1190. The molecule has 200 valence electrons. The number of piperazine rings is 1. The highest BCUT2D eigenvalue weighted by molar-refractivity contribution is 9.10. The normalized spacial score (nSPS) is 29.7. The van der Waals surface area contributed by atoms with E-state index in [0.717, 1.165) is 53.4 Å². The summed E-state index contributed by atoms with van der Waals surface area (Å²) in [4.78, 5) is 29.0. The summed E-state index contributed by atoms with van der Waals surface area (Å²) in [6, 6.07) is 6.48. The zero-order chi connectivity index (χ0) is 25.9. The molecule has 4 fully saturated rings. The number of fused-ring (bicyclic) bond motifs is 4. The molecule has 0 N–H and O–H groups in total. The Morgan fingerprint density at radius 1 is 1.19 bits per heavy atom. The van der Waals surface area contributed by atoms with Crippen molar-refractivity contribution in [2.75, 3.05) is 37.7 Å². The number of benzene rings is 1. The number of carbonyl (C=O) groups is 1. The fourth-order valence-corrected chi connectivity index (χ4v) is 7.06. The van der Waals surface area contributed by atoms with E-state index < -0.39 is 11.8 Å². The molecule has 4 aliphatic rings. The van der Waals surface area contributed by atoms with Crippen LogP contribution in [0.2, 0.25) is 0 Å². The Morgan fingerprint density at radius 3 is 2.68 bits per heavy atom. The maximum Gasteiger partial charge on any atom is 0.410 e. The topological polar surface area (TPSA) is 71.0 Å². The van der Waals surface area contributed by atoms with Gasteiger partial charge in [0.2, 0.25) is 0 Å². The molecule has 10 heteroatoms. The minimum absolute atomic E-state index is 0.0735. The maximum absolute atomic E-state index is 14.3. The third-order valence-corrected chi connectivity index (χ3v) is 8.73. The van der Waals surface area contributed by atoms with Gasteiger partial charge in [0.25, 0.3) is 0 Å². The number of alkyl halides is 1. The van der Waals surface area contributed by atoms with Crippen molar-refractivity contribution in [3.63, 3.8) is 0 Å². The summed E-state index contributed by atoms with van der Waals surface area (Å²) in [5.74, 6) is 0.823. The van der Waals surface area contributed by atoms with Gasteiger partial charge >= 0.3 is 12.1 Å². The average molecular weight is 577 g/mol. The molecule has 37 heavy (non-hydrogen) atoms. The quantitative estimate of drug-likeness (QED) is 0.511. The van der Waals surface area contributed by atoms with Gasteiger partial charge in [0, 0.05) is 35.9 Å². The molecule has 4 saturated heterocycles. The first-order valence-corrected chi connectivity index (χ1v) is 14.2. The molecule has 5 heterocycles. The van der Waals surface area contributed by atoms with Crippen LogP contribution in [0.4, 0.5) is 15.0 Å². The second-order valence-corrected chi connectivity index (χ2v) is 12.9. The third-order valence-electron chi connectivity index (χ3n) is 8.24. The van der Waals surface area contributed by atoms with Crippen molar-refractivity contribution < 1.29 is 18.7 Å². The molecular weight excluding hydrogens is 541 g/mol. The molecule has 0 unspecified atom stereocenters. The molecule has 4 atom stereocenters. The standard InChI is InChI=1S/C27H35BrFN5O3/c1-26(2,3)37-25(35)34-19-6-7-20(34)15-32(14-19)23-21-8-5-17(28)11-22(21)30-24(31-23)36-16-27-9-4-10-33(27)13-18(29)12-27/h5,8,11,18-20H,4,6-7,9-10,12-16H2,1-3H3/t18-,19-,20+,27+/m1/s1. The third kappa shape index (κ3) is 4.75. The molecule has 1 aromatic carbocycles. The van der Waals surface area contributed by atoms with E-state index in [1.807, 2.05) is 43.9 Å². The molecule has 8 nitrogen and oxygen atoms in total. The van der Waals surface area contributed by atoms with Crippen LogP contribution in [0.3, 0.4) is 0 Å². The molecule has 0 saturated carbocycles. The van der Waals surface area contributed by atoms with E-state index in [1.165, 1.54) is 0 Å². The molecule has 0 aliphatic carbocycles. The molecule has 1 aromatic heterocycles. The largest absolute Gasteiger partial charge is 0.461 e. The van der Waals surface area contributed by atoms with E-state index >= 15 is 0 Å². The summed E-state index contributed by atoms with van der Waals surface area (Å²) in [5, 5.41) is 0.950. The number of rotatable bonds is 4. The summed E-state index contributed by atoms with van der Waals surface area (Å²) in [6.07, 6.45) is 3.37. The van der Waals surface area contributed by atoms with Gasteiger partial charge in [-0.2, -0.15) is 9.97 Å². The number of anilines is 1. The Balaban J connectivity index is 1.27. The van der Waals surface area contributed by atoms with Crippen molar-refractivity contribution in [2.24, 2.45) is 0 Å². The van der Waals surface area contributed by atoms with Gasteiger partial charge in [-0.05, 0) is 71.2 Å². The minimum atomic E-state index is -0.801. The van der Waals surface area contributed by atoms with E-state index in [2.05, 4.69) is 25.7 Å². The number of hydrogen-bond acceptors (Lipinski definition) is 7. The van der Waals surface area contributed by atoms with Gasteiger partial charge in [-0.1, -0.05) is 15.9 Å². The Kier molecular flexibility index (Phi) is 6.25. The number of carbonyl (C=O) groups excluding carboxylic acids is 1. The van der Waals surface area contributed by atoms with Crippen LogP contribution >= 0.6 is 15.9 Å². The van der Waals surface area contributed by atoms with E-state index in [0.29, 0.717) is 38.7 Å². The van der Waals surface area contributed by atoms with Crippen molar-refractivity contribution in [1.82, 2.24) is 19.8 Å². The summed E-state index contributed by atoms with van der Waals surface area (Å²) < 4.78 is 27.1. The van der Waals surface area contributed by atoms with E-state index in [1.54, 1.807) is 0 Å². The zero-order valence-corrected chi connectivity index (χ0v) is 23.3. The Hall–Kier alpha value is -2.20. The Morgan fingerprint density at radius 2 is 1.95 bits per heavy atom. The molecular formula is C27H35BrFN5O3. The summed E-state index contributed by atoms with van der Waals surface area (Å²) in [6.45, 7) is 8.87. The van der Waals surface area contributed by atoms with Crippen LogP contribution in [-0.4, -0.2) is 88.0 Å². The predicted molar refractivity (Wildman–Crippen MR) is 143 cm³/mol. The lowest BCUT2D eigenvalue weighted by Crippen LogP contribution is -2.57. The van der Waals surface area contributed by atoms with Gasteiger partial charge in [-0.15, -0.1) is 0 Å². The van der Waals surface area contributed by atoms with Crippen LogP contribution in [0, 0.1) is 0 Å². The van der Waals surface area contributed by atoms with Crippen molar-refractivity contribution in [3.8, 4) is 6.01 Å². The van der Waals surface area contributed by atoms with E-state index in [4.69, 9.17) is 19.4 Å². The second-order valence-electron chi connectivity index (χ2n) is 12.0. The molecule has 1 amide bonds. The number of hydrogen-bond donors (Lipinski definition) is 0. The van der Waals surface area contributed by atoms with Crippen LogP contribution in [-0.2, 0) is 4.74 Å². The number of ether oxygens (including phenoxy) is 2. The van der Waals surface area contributed by atoms with Crippen LogP contribution in [0.5, 0.6) is 6.01 Å². The van der Waals surface area contributed by atoms with E-state index in [-0.39, 0.29) is 23.7 Å². The van der Waals surface area contributed by atoms with Gasteiger partial charge in [0.15, 0.2) is 0 Å². The Labute approximate surface area is 225 Å². The van der Waals surface area contributed by atoms with Crippen LogP contribution in [0.25, 0.3) is 10.9 Å². The second kappa shape index (κ2) is 9.22. The first-order valence-electron chi connectivity index (χ1n) is 13.4. The zero-order valence-electron chi connectivity index (χ0n) is 21.8. The molecule has 4 aliphatic heterocycles. The lowest BCUT2D eigenvalue weighted by Gasteiger charge is -2.42. The SMILES string of the molecule is CC(C)(C)OC(=O)N1[C@@H]2CC[C@H]1CN(c1nc(OC[C@@]34CCCN3C[C@H](F)C4)nc3cc(Br)ccc13)C2. The molecule has 2 aromatic rings. The first kappa shape index (κ1) is 25.1. The predicted octanol–water partition coefficient (Wildman–Crippen LogP) is 4.94. The number of aromatic nitrogens is 2. The average Bonchev–Trinajstić information content (AvgIpc) is 3.43. The first-order chi connectivity index (χ1) is 17.6. The summed E-state index contributed by atoms with van der Waals surface area (Å²) in [5.41, 5.74) is 0.0196. The molecule has 0 spiro atoms. The van der Waals surface area contributed by atoms with E-state index in [9.17, 15) is 9.18 Å². The number of nitrogens with zero attached hydrogens (tertiary/aromatic N) is 5. The molecule has 2 bridgehead atoms. The van der Waals surface area contributed by atoms with Crippen LogP contribution in [0.1, 0.15) is 52.9 Å². The van der Waals surface area contributed by atoms with Gasteiger partial charge in [0.1, 0.15) is 24.2 Å². The smallest absolute Gasteiger partial charge is 0.410 e. The fourth-order valence-electron chi connectivity index (χ4n) is 6.71. The molecule has 0 radical (unpaired) electrons. The number of halogens is 2.